The second-order valence-corrected chi connectivity index (χ2v) is 5.25. The molecule has 23 heavy (non-hydrogen) atoms. The Morgan fingerprint density at radius 1 is 1.22 bits per heavy atom. The molecule has 3 aromatic rings. The largest absolute Gasteiger partial charge is 0.271 e. The van der Waals surface area contributed by atoms with Crippen LogP contribution < -0.4 is 5.43 Å². The monoisotopic (exact) mass is 307 g/mol. The van der Waals surface area contributed by atoms with Gasteiger partial charge in [0.15, 0.2) is 0 Å². The van der Waals surface area contributed by atoms with E-state index in [2.05, 4.69) is 20.8 Å². The minimum atomic E-state index is -0.239. The number of hydrogen-bond donors (Lipinski definition) is 1. The summed E-state index contributed by atoms with van der Waals surface area (Å²) >= 11 is 0. The molecule has 0 spiro atoms. The van der Waals surface area contributed by atoms with E-state index in [1.54, 1.807) is 10.9 Å². The number of para-hydroxylation sites is 1. The third kappa shape index (κ3) is 3.60. The van der Waals surface area contributed by atoms with Crippen LogP contribution in [0.15, 0.2) is 59.7 Å². The first kappa shape index (κ1) is 14.9. The Kier molecular flexibility index (Phi) is 4.42. The van der Waals surface area contributed by atoms with Crippen molar-refractivity contribution in [3.8, 4) is 0 Å². The van der Waals surface area contributed by atoms with Gasteiger partial charge in [0.05, 0.1) is 5.52 Å². The average molecular weight is 307 g/mol. The number of nitrogens with zero attached hydrogens (tertiary/aromatic N) is 4. The molecule has 1 atom stereocenters. The highest BCUT2D eigenvalue weighted by molar-refractivity contribution is 5.80. The molecular weight excluding hydrogens is 290 g/mol. The van der Waals surface area contributed by atoms with Crippen LogP contribution in [-0.4, -0.2) is 27.1 Å². The molecule has 0 radical (unpaired) electrons. The normalized spacial score (nSPS) is 12.6. The van der Waals surface area contributed by atoms with Crippen LogP contribution >= 0.6 is 0 Å². The van der Waals surface area contributed by atoms with Crippen molar-refractivity contribution in [1.29, 1.82) is 0 Å². The summed E-state index contributed by atoms with van der Waals surface area (Å²) < 4.78 is 1.56. The highest BCUT2D eigenvalue weighted by Gasteiger charge is 2.08. The van der Waals surface area contributed by atoms with Gasteiger partial charge in [-0.1, -0.05) is 54.6 Å². The Bertz CT molecular complexity index is 825. The summed E-state index contributed by atoms with van der Waals surface area (Å²) in [6.07, 6.45) is 1.71. The van der Waals surface area contributed by atoms with Gasteiger partial charge in [-0.25, -0.2) is 10.1 Å². The number of aromatic nitrogens is 3. The van der Waals surface area contributed by atoms with Crippen LogP contribution in [0.2, 0.25) is 0 Å². The molecule has 0 aliphatic heterocycles. The van der Waals surface area contributed by atoms with Gasteiger partial charge in [0.25, 0.3) is 5.91 Å². The van der Waals surface area contributed by atoms with Crippen LogP contribution in [-0.2, 0) is 11.3 Å². The van der Waals surface area contributed by atoms with Crippen molar-refractivity contribution in [1.82, 2.24) is 20.4 Å². The molecule has 0 unspecified atom stereocenters. The molecule has 1 aromatic heterocycles. The number of rotatable bonds is 5. The van der Waals surface area contributed by atoms with Crippen molar-refractivity contribution in [2.45, 2.75) is 19.4 Å². The number of nitrogens with one attached hydrogen (secondary N) is 1. The third-order valence-corrected chi connectivity index (χ3v) is 3.53. The summed E-state index contributed by atoms with van der Waals surface area (Å²) in [5.74, 6) is -0.110. The molecule has 0 aliphatic carbocycles. The van der Waals surface area contributed by atoms with Gasteiger partial charge in [-0.2, -0.15) is 5.10 Å². The number of fused-ring (bicyclic) bond motifs is 1. The second kappa shape index (κ2) is 6.83. The van der Waals surface area contributed by atoms with E-state index in [-0.39, 0.29) is 18.4 Å². The van der Waals surface area contributed by atoms with E-state index in [1.807, 2.05) is 61.5 Å². The number of carbonyl (C=O) groups is 1. The van der Waals surface area contributed by atoms with E-state index in [0.717, 1.165) is 16.6 Å². The summed E-state index contributed by atoms with van der Waals surface area (Å²) in [6.45, 7) is 2.10. The Morgan fingerprint density at radius 3 is 2.78 bits per heavy atom. The zero-order valence-corrected chi connectivity index (χ0v) is 12.8. The maximum atomic E-state index is 12.0. The summed E-state index contributed by atoms with van der Waals surface area (Å²) in [7, 11) is 0. The molecule has 1 amide bonds. The highest BCUT2D eigenvalue weighted by Crippen LogP contribution is 2.11. The van der Waals surface area contributed by atoms with E-state index in [1.165, 1.54) is 0 Å². The summed E-state index contributed by atoms with van der Waals surface area (Å²) in [5, 5.41) is 12.0. The molecular formula is C17H17N5O. The molecule has 3 rings (SSSR count). The van der Waals surface area contributed by atoms with Gasteiger partial charge in [-0.3, -0.25) is 4.79 Å². The SMILES string of the molecule is C[C@H](/C=N\NC(=O)Cn1nnc2ccccc21)c1ccccc1. The zero-order chi connectivity index (χ0) is 16.1. The summed E-state index contributed by atoms with van der Waals surface area (Å²) in [5.41, 5.74) is 5.26. The quantitative estimate of drug-likeness (QED) is 0.581. The fraction of sp³-hybridized carbons (Fsp3) is 0.176. The predicted molar refractivity (Wildman–Crippen MR) is 89.0 cm³/mol. The molecule has 0 aliphatic rings. The van der Waals surface area contributed by atoms with E-state index in [4.69, 9.17) is 0 Å². The van der Waals surface area contributed by atoms with E-state index in [0.29, 0.717) is 0 Å². The van der Waals surface area contributed by atoms with Gasteiger partial charge in [0, 0.05) is 12.1 Å². The molecule has 116 valence electrons. The van der Waals surface area contributed by atoms with Crippen LogP contribution in [0.1, 0.15) is 18.4 Å². The number of hydrazone groups is 1. The topological polar surface area (TPSA) is 72.2 Å². The van der Waals surface area contributed by atoms with Gasteiger partial charge in [-0.15, -0.1) is 5.10 Å². The minimum Gasteiger partial charge on any atom is -0.271 e. The number of amides is 1. The molecule has 6 heteroatoms. The lowest BCUT2D eigenvalue weighted by atomic mass is 10.0. The lowest BCUT2D eigenvalue weighted by Gasteiger charge is -2.05. The molecule has 1 N–H and O–H groups in total. The smallest absolute Gasteiger partial charge is 0.261 e. The van der Waals surface area contributed by atoms with Gasteiger partial charge < -0.3 is 0 Å². The van der Waals surface area contributed by atoms with Gasteiger partial charge in [0.1, 0.15) is 12.1 Å². The van der Waals surface area contributed by atoms with Crippen molar-refractivity contribution in [3.63, 3.8) is 0 Å². The zero-order valence-electron chi connectivity index (χ0n) is 12.8. The Hall–Kier alpha value is -3.02. The average Bonchev–Trinajstić information content (AvgIpc) is 2.99. The van der Waals surface area contributed by atoms with E-state index in [9.17, 15) is 4.79 Å². The molecule has 6 nitrogen and oxygen atoms in total. The van der Waals surface area contributed by atoms with Crippen LogP contribution in [0.5, 0.6) is 0 Å². The third-order valence-electron chi connectivity index (χ3n) is 3.53. The molecule has 1 heterocycles. The van der Waals surface area contributed by atoms with Gasteiger partial charge >= 0.3 is 0 Å². The summed E-state index contributed by atoms with van der Waals surface area (Å²) in [6, 6.07) is 17.5. The molecule has 2 aromatic carbocycles. The van der Waals surface area contributed by atoms with Crippen molar-refractivity contribution < 1.29 is 4.79 Å². The minimum absolute atomic E-state index is 0.0809. The Morgan fingerprint density at radius 2 is 1.96 bits per heavy atom. The first-order valence-corrected chi connectivity index (χ1v) is 7.39. The van der Waals surface area contributed by atoms with Crippen LogP contribution in [0.4, 0.5) is 0 Å². The number of carbonyl (C=O) groups excluding carboxylic acids is 1. The van der Waals surface area contributed by atoms with E-state index < -0.39 is 0 Å². The van der Waals surface area contributed by atoms with Crippen LogP contribution in [0, 0.1) is 0 Å². The predicted octanol–water partition coefficient (Wildman–Crippen LogP) is 2.34. The van der Waals surface area contributed by atoms with Crippen LogP contribution in [0.25, 0.3) is 11.0 Å². The fourth-order valence-electron chi connectivity index (χ4n) is 2.27. The van der Waals surface area contributed by atoms with Crippen molar-refractivity contribution >= 4 is 23.2 Å². The number of hydrogen-bond acceptors (Lipinski definition) is 4. The molecule has 0 saturated carbocycles. The van der Waals surface area contributed by atoms with Gasteiger partial charge in [0.2, 0.25) is 0 Å². The molecule has 0 bridgehead atoms. The first-order valence-electron chi connectivity index (χ1n) is 7.39. The van der Waals surface area contributed by atoms with Crippen LogP contribution in [0.3, 0.4) is 0 Å². The van der Waals surface area contributed by atoms with E-state index >= 15 is 0 Å². The Balaban J connectivity index is 1.58. The summed E-state index contributed by atoms with van der Waals surface area (Å²) in [4.78, 5) is 12.0. The standard InChI is InChI=1S/C17H17N5O/c1-13(14-7-3-2-4-8-14)11-18-20-17(23)12-22-16-10-6-5-9-15(16)19-21-22/h2-11,13H,12H2,1H3,(H,20,23)/b18-11-/t13-/m1/s1. The molecule has 0 saturated heterocycles. The Labute approximate surface area is 133 Å². The van der Waals surface area contributed by atoms with Crippen molar-refractivity contribution in [2.75, 3.05) is 0 Å². The maximum Gasteiger partial charge on any atom is 0.261 e. The fourth-order valence-corrected chi connectivity index (χ4v) is 2.27. The lowest BCUT2D eigenvalue weighted by molar-refractivity contribution is -0.121. The first-order chi connectivity index (χ1) is 11.2. The van der Waals surface area contributed by atoms with Crippen molar-refractivity contribution in [3.05, 3.63) is 60.2 Å². The van der Waals surface area contributed by atoms with Gasteiger partial charge in [-0.05, 0) is 17.7 Å². The second-order valence-electron chi connectivity index (χ2n) is 5.25. The number of benzene rings is 2. The van der Waals surface area contributed by atoms with Crippen molar-refractivity contribution in [2.24, 2.45) is 5.10 Å². The lowest BCUT2D eigenvalue weighted by Crippen LogP contribution is -2.24. The highest BCUT2D eigenvalue weighted by atomic mass is 16.2. The maximum absolute atomic E-state index is 12.0. The molecule has 0 fully saturated rings.